The van der Waals surface area contributed by atoms with Gasteiger partial charge in [0, 0.05) is 28.3 Å². The highest BCUT2D eigenvalue weighted by atomic mass is 79.9. The van der Waals surface area contributed by atoms with E-state index in [1.54, 1.807) is 0 Å². The van der Waals surface area contributed by atoms with Crippen LogP contribution in [0.5, 0.6) is 0 Å². The van der Waals surface area contributed by atoms with Gasteiger partial charge in [0.05, 0.1) is 6.10 Å². The summed E-state index contributed by atoms with van der Waals surface area (Å²) in [5.74, 6) is 0.379. The molecule has 2 atom stereocenters. The van der Waals surface area contributed by atoms with Gasteiger partial charge in [-0.2, -0.15) is 0 Å². The summed E-state index contributed by atoms with van der Waals surface area (Å²) < 4.78 is 0.972. The van der Waals surface area contributed by atoms with E-state index >= 15 is 0 Å². The first-order chi connectivity index (χ1) is 7.66. The number of hydrogen-bond acceptors (Lipinski definition) is 3. The molecule has 2 rings (SSSR count). The normalized spacial score (nSPS) is 24.6. The molecular formula is C12H17BrN2O. The van der Waals surface area contributed by atoms with Gasteiger partial charge in [-0.3, -0.25) is 0 Å². The average Bonchev–Trinajstić information content (AvgIpc) is 2.63. The predicted molar refractivity (Wildman–Crippen MR) is 70.4 cm³/mol. The van der Waals surface area contributed by atoms with E-state index in [1.165, 1.54) is 0 Å². The summed E-state index contributed by atoms with van der Waals surface area (Å²) in [6.07, 6.45) is 3.05. The highest BCUT2D eigenvalue weighted by Gasteiger charge is 2.24. The number of hydrogen-bond donors (Lipinski definition) is 3. The van der Waals surface area contributed by atoms with Crippen LogP contribution in [0, 0.1) is 5.92 Å². The van der Waals surface area contributed by atoms with Crippen LogP contribution < -0.4 is 11.1 Å². The minimum atomic E-state index is -0.139. The third kappa shape index (κ3) is 2.68. The van der Waals surface area contributed by atoms with Crippen LogP contribution >= 0.6 is 15.9 Å². The van der Waals surface area contributed by atoms with Gasteiger partial charge in [-0.15, -0.1) is 0 Å². The van der Waals surface area contributed by atoms with Gasteiger partial charge in [-0.25, -0.2) is 0 Å². The fourth-order valence-corrected chi connectivity index (χ4v) is 2.71. The first kappa shape index (κ1) is 11.7. The number of nitrogens with two attached hydrogens (primary N) is 1. The van der Waals surface area contributed by atoms with Crippen molar-refractivity contribution < 1.29 is 5.11 Å². The molecule has 0 aliphatic heterocycles. The summed E-state index contributed by atoms with van der Waals surface area (Å²) in [5.41, 5.74) is 7.45. The van der Waals surface area contributed by atoms with Crippen LogP contribution in [0.1, 0.15) is 19.3 Å². The van der Waals surface area contributed by atoms with Gasteiger partial charge in [-0.1, -0.05) is 6.42 Å². The molecular weight excluding hydrogens is 268 g/mol. The van der Waals surface area contributed by atoms with Crippen LogP contribution in [-0.4, -0.2) is 17.8 Å². The molecule has 4 N–H and O–H groups in total. The summed E-state index contributed by atoms with van der Waals surface area (Å²) in [7, 11) is 0. The third-order valence-electron chi connectivity index (χ3n) is 3.17. The van der Waals surface area contributed by atoms with Crippen molar-refractivity contribution in [3.8, 4) is 0 Å². The number of nitrogen functional groups attached to an aromatic ring is 1. The molecule has 1 aliphatic carbocycles. The molecule has 1 aromatic carbocycles. The second-order valence-electron chi connectivity index (χ2n) is 4.38. The number of rotatable bonds is 3. The number of aliphatic hydroxyl groups excluding tert-OH is 1. The van der Waals surface area contributed by atoms with Crippen LogP contribution in [0.25, 0.3) is 0 Å². The van der Waals surface area contributed by atoms with Crippen molar-refractivity contribution >= 4 is 27.3 Å². The second-order valence-corrected chi connectivity index (χ2v) is 5.23. The van der Waals surface area contributed by atoms with Gasteiger partial charge >= 0.3 is 0 Å². The van der Waals surface area contributed by atoms with Gasteiger partial charge in [0.2, 0.25) is 0 Å². The summed E-state index contributed by atoms with van der Waals surface area (Å²) in [6, 6.07) is 5.71. The minimum absolute atomic E-state index is 0.139. The van der Waals surface area contributed by atoms with Crippen molar-refractivity contribution in [1.82, 2.24) is 0 Å². The topological polar surface area (TPSA) is 58.3 Å². The Morgan fingerprint density at radius 2 is 2.25 bits per heavy atom. The van der Waals surface area contributed by atoms with Crippen LogP contribution in [0.2, 0.25) is 0 Å². The van der Waals surface area contributed by atoms with E-state index in [0.717, 1.165) is 41.7 Å². The largest absolute Gasteiger partial charge is 0.399 e. The van der Waals surface area contributed by atoms with Crippen molar-refractivity contribution in [1.29, 1.82) is 0 Å². The molecule has 1 fully saturated rings. The standard InChI is InChI=1S/C12H17BrN2O/c13-10-6-9(14)4-5-11(10)15-7-8-2-1-3-12(8)16/h4-6,8,12,15-16H,1-3,7,14H2. The van der Waals surface area contributed by atoms with Crippen molar-refractivity contribution in [2.24, 2.45) is 5.92 Å². The Kier molecular flexibility index (Phi) is 3.71. The van der Waals surface area contributed by atoms with Gasteiger partial charge in [0.1, 0.15) is 0 Å². The molecule has 88 valence electrons. The van der Waals surface area contributed by atoms with E-state index in [9.17, 15) is 5.11 Å². The molecule has 1 saturated carbocycles. The van der Waals surface area contributed by atoms with Crippen molar-refractivity contribution in [2.75, 3.05) is 17.6 Å². The van der Waals surface area contributed by atoms with Gasteiger partial charge < -0.3 is 16.2 Å². The highest BCUT2D eigenvalue weighted by molar-refractivity contribution is 9.10. The Morgan fingerprint density at radius 1 is 1.44 bits per heavy atom. The molecule has 0 radical (unpaired) electrons. The molecule has 0 spiro atoms. The summed E-state index contributed by atoms with van der Waals surface area (Å²) in [6.45, 7) is 0.823. The van der Waals surface area contributed by atoms with E-state index in [1.807, 2.05) is 18.2 Å². The Balaban J connectivity index is 1.94. The number of anilines is 2. The van der Waals surface area contributed by atoms with Crippen molar-refractivity contribution in [3.63, 3.8) is 0 Å². The zero-order valence-corrected chi connectivity index (χ0v) is 10.7. The van der Waals surface area contributed by atoms with Crippen LogP contribution in [-0.2, 0) is 0 Å². The molecule has 1 aromatic rings. The molecule has 0 bridgehead atoms. The van der Waals surface area contributed by atoms with E-state index in [0.29, 0.717) is 5.92 Å². The molecule has 16 heavy (non-hydrogen) atoms. The van der Waals surface area contributed by atoms with Gasteiger partial charge in [-0.05, 0) is 47.0 Å². The maximum absolute atomic E-state index is 9.71. The zero-order chi connectivity index (χ0) is 11.5. The van der Waals surface area contributed by atoms with E-state index in [4.69, 9.17) is 5.73 Å². The lowest BCUT2D eigenvalue weighted by Crippen LogP contribution is -2.22. The summed E-state index contributed by atoms with van der Waals surface area (Å²) >= 11 is 3.47. The lowest BCUT2D eigenvalue weighted by molar-refractivity contribution is 0.138. The highest BCUT2D eigenvalue weighted by Crippen LogP contribution is 2.28. The molecule has 3 nitrogen and oxygen atoms in total. The quantitative estimate of drug-likeness (QED) is 0.748. The number of nitrogens with one attached hydrogen (secondary N) is 1. The second kappa shape index (κ2) is 5.06. The van der Waals surface area contributed by atoms with E-state index in [-0.39, 0.29) is 6.10 Å². The number of halogens is 1. The van der Waals surface area contributed by atoms with E-state index in [2.05, 4.69) is 21.2 Å². The fraction of sp³-hybridized carbons (Fsp3) is 0.500. The SMILES string of the molecule is Nc1ccc(NCC2CCCC2O)c(Br)c1. The van der Waals surface area contributed by atoms with Gasteiger partial charge in [0.15, 0.2) is 0 Å². The smallest absolute Gasteiger partial charge is 0.0585 e. The Hall–Kier alpha value is -0.740. The first-order valence-corrected chi connectivity index (χ1v) is 6.43. The van der Waals surface area contributed by atoms with Crippen LogP contribution in [0.4, 0.5) is 11.4 Å². The molecule has 0 heterocycles. The van der Waals surface area contributed by atoms with Gasteiger partial charge in [0.25, 0.3) is 0 Å². The fourth-order valence-electron chi connectivity index (χ4n) is 2.17. The summed E-state index contributed by atoms with van der Waals surface area (Å²) in [4.78, 5) is 0. The van der Waals surface area contributed by atoms with Crippen molar-refractivity contribution in [2.45, 2.75) is 25.4 Å². The molecule has 0 aromatic heterocycles. The van der Waals surface area contributed by atoms with Crippen LogP contribution in [0.3, 0.4) is 0 Å². The number of benzene rings is 1. The third-order valence-corrected chi connectivity index (χ3v) is 3.82. The van der Waals surface area contributed by atoms with Crippen molar-refractivity contribution in [3.05, 3.63) is 22.7 Å². The van der Waals surface area contributed by atoms with Crippen LogP contribution in [0.15, 0.2) is 22.7 Å². The molecule has 4 heteroatoms. The Morgan fingerprint density at radius 3 is 2.88 bits per heavy atom. The first-order valence-electron chi connectivity index (χ1n) is 5.64. The zero-order valence-electron chi connectivity index (χ0n) is 9.12. The average molecular weight is 285 g/mol. The molecule has 2 unspecified atom stereocenters. The lowest BCUT2D eigenvalue weighted by atomic mass is 10.1. The molecule has 0 amide bonds. The predicted octanol–water partition coefficient (Wildman–Crippen LogP) is 2.60. The maximum atomic E-state index is 9.71. The minimum Gasteiger partial charge on any atom is -0.399 e. The monoisotopic (exact) mass is 284 g/mol. The van der Waals surface area contributed by atoms with E-state index < -0.39 is 0 Å². The summed E-state index contributed by atoms with van der Waals surface area (Å²) in [5, 5.41) is 13.1. The Labute approximate surface area is 104 Å². The maximum Gasteiger partial charge on any atom is 0.0585 e. The lowest BCUT2D eigenvalue weighted by Gasteiger charge is -2.16. The molecule has 1 aliphatic rings. The number of aliphatic hydroxyl groups is 1. The Bertz CT molecular complexity index is 370. The molecule has 0 saturated heterocycles.